The normalized spacial score (nSPS) is 30.0. The zero-order chi connectivity index (χ0) is 10.3. The third-order valence-corrected chi connectivity index (χ3v) is 4.00. The van der Waals surface area contributed by atoms with Gasteiger partial charge < -0.3 is 10.6 Å². The van der Waals surface area contributed by atoms with E-state index in [1.807, 2.05) is 0 Å². The fourth-order valence-electron chi connectivity index (χ4n) is 2.94. The van der Waals surface area contributed by atoms with Crippen LogP contribution in [0.2, 0.25) is 0 Å². The molecule has 0 amide bonds. The molecular weight excluding hydrogens is 184 g/mol. The summed E-state index contributed by atoms with van der Waals surface area (Å²) in [7, 11) is 0. The Labute approximate surface area is 94.2 Å². The van der Waals surface area contributed by atoms with Crippen LogP contribution in [0.4, 0.5) is 0 Å². The Morgan fingerprint density at radius 1 is 0.867 bits per heavy atom. The van der Waals surface area contributed by atoms with Crippen molar-refractivity contribution in [2.75, 3.05) is 19.6 Å². The summed E-state index contributed by atoms with van der Waals surface area (Å²) in [5, 5.41) is 7.28. The molecular formula is C13H26N2. The van der Waals surface area contributed by atoms with E-state index in [2.05, 4.69) is 10.6 Å². The molecule has 2 fully saturated rings. The fraction of sp³-hybridized carbons (Fsp3) is 1.00. The average Bonchev–Trinajstić information content (AvgIpc) is 2.56. The summed E-state index contributed by atoms with van der Waals surface area (Å²) in [6.07, 6.45) is 11.4. The molecule has 0 aromatic carbocycles. The molecule has 2 heteroatoms. The van der Waals surface area contributed by atoms with Gasteiger partial charge in [-0.15, -0.1) is 0 Å². The molecule has 0 spiro atoms. The summed E-state index contributed by atoms with van der Waals surface area (Å²) in [4.78, 5) is 0. The van der Waals surface area contributed by atoms with Gasteiger partial charge in [-0.05, 0) is 57.7 Å². The largest absolute Gasteiger partial charge is 0.317 e. The molecule has 1 atom stereocenters. The van der Waals surface area contributed by atoms with Crippen molar-refractivity contribution in [3.05, 3.63) is 0 Å². The summed E-state index contributed by atoms with van der Waals surface area (Å²) in [6.45, 7) is 3.74. The molecule has 1 aliphatic carbocycles. The highest BCUT2D eigenvalue weighted by atomic mass is 14.9. The van der Waals surface area contributed by atoms with Crippen LogP contribution in [0.5, 0.6) is 0 Å². The van der Waals surface area contributed by atoms with Crippen molar-refractivity contribution < 1.29 is 0 Å². The minimum atomic E-state index is 0.843. The Morgan fingerprint density at radius 3 is 2.60 bits per heavy atom. The molecule has 1 saturated heterocycles. The summed E-state index contributed by atoms with van der Waals surface area (Å²) in [5.74, 6) is 0.932. The maximum atomic E-state index is 3.79. The predicted octanol–water partition coefficient (Wildman–Crippen LogP) is 2.30. The highest BCUT2D eigenvalue weighted by Gasteiger charge is 2.16. The van der Waals surface area contributed by atoms with Crippen molar-refractivity contribution in [3.63, 3.8) is 0 Å². The van der Waals surface area contributed by atoms with Gasteiger partial charge >= 0.3 is 0 Å². The van der Waals surface area contributed by atoms with E-state index in [1.165, 1.54) is 71.0 Å². The molecule has 1 saturated carbocycles. The van der Waals surface area contributed by atoms with Crippen molar-refractivity contribution in [2.45, 2.75) is 57.4 Å². The number of rotatable bonds is 3. The number of hydrogen-bond donors (Lipinski definition) is 2. The van der Waals surface area contributed by atoms with E-state index in [9.17, 15) is 0 Å². The van der Waals surface area contributed by atoms with Crippen molar-refractivity contribution in [3.8, 4) is 0 Å². The lowest BCUT2D eigenvalue weighted by atomic mass is 9.94. The number of nitrogens with one attached hydrogen (secondary N) is 2. The highest BCUT2D eigenvalue weighted by molar-refractivity contribution is 4.75. The van der Waals surface area contributed by atoms with Gasteiger partial charge in [0.1, 0.15) is 0 Å². The minimum Gasteiger partial charge on any atom is -0.317 e. The quantitative estimate of drug-likeness (QED) is 0.747. The maximum absolute atomic E-state index is 3.79. The third kappa shape index (κ3) is 4.12. The lowest BCUT2D eigenvalue weighted by molar-refractivity contribution is 0.335. The molecule has 1 aliphatic heterocycles. The number of hydrogen-bond acceptors (Lipinski definition) is 2. The van der Waals surface area contributed by atoms with Gasteiger partial charge in [0, 0.05) is 6.04 Å². The van der Waals surface area contributed by atoms with E-state index in [-0.39, 0.29) is 0 Å². The Morgan fingerprint density at radius 2 is 1.73 bits per heavy atom. The highest BCUT2D eigenvalue weighted by Crippen LogP contribution is 2.19. The van der Waals surface area contributed by atoms with Crippen molar-refractivity contribution in [1.82, 2.24) is 10.6 Å². The molecule has 0 bridgehead atoms. The van der Waals surface area contributed by atoms with Gasteiger partial charge in [-0.3, -0.25) is 0 Å². The first-order valence-electron chi connectivity index (χ1n) is 6.89. The predicted molar refractivity (Wildman–Crippen MR) is 65.1 cm³/mol. The summed E-state index contributed by atoms with van der Waals surface area (Å²) in [5.41, 5.74) is 0. The third-order valence-electron chi connectivity index (χ3n) is 4.00. The molecule has 2 N–H and O–H groups in total. The van der Waals surface area contributed by atoms with E-state index >= 15 is 0 Å². The molecule has 15 heavy (non-hydrogen) atoms. The first-order chi connectivity index (χ1) is 7.45. The van der Waals surface area contributed by atoms with Crippen LogP contribution in [0.25, 0.3) is 0 Å². The van der Waals surface area contributed by atoms with Gasteiger partial charge in [-0.25, -0.2) is 0 Å². The Bertz CT molecular complexity index is 156. The van der Waals surface area contributed by atoms with Crippen LogP contribution >= 0.6 is 0 Å². The molecule has 2 nitrogen and oxygen atoms in total. The molecule has 2 rings (SSSR count). The van der Waals surface area contributed by atoms with Gasteiger partial charge in [0.05, 0.1) is 0 Å². The fourth-order valence-corrected chi connectivity index (χ4v) is 2.94. The summed E-state index contributed by atoms with van der Waals surface area (Å²) in [6, 6.07) is 0.843. The molecule has 0 aromatic heterocycles. The molecule has 0 radical (unpaired) electrons. The van der Waals surface area contributed by atoms with E-state index in [1.54, 1.807) is 0 Å². The van der Waals surface area contributed by atoms with E-state index in [4.69, 9.17) is 0 Å². The van der Waals surface area contributed by atoms with E-state index < -0.39 is 0 Å². The van der Waals surface area contributed by atoms with Gasteiger partial charge in [0.2, 0.25) is 0 Å². The van der Waals surface area contributed by atoms with Crippen molar-refractivity contribution in [1.29, 1.82) is 0 Å². The van der Waals surface area contributed by atoms with Gasteiger partial charge in [-0.1, -0.05) is 19.3 Å². The van der Waals surface area contributed by atoms with Crippen molar-refractivity contribution >= 4 is 0 Å². The zero-order valence-corrected chi connectivity index (χ0v) is 9.93. The average molecular weight is 210 g/mol. The van der Waals surface area contributed by atoms with Crippen LogP contribution in [0.3, 0.4) is 0 Å². The summed E-state index contributed by atoms with van der Waals surface area (Å²) >= 11 is 0. The van der Waals surface area contributed by atoms with Crippen LogP contribution in [0.15, 0.2) is 0 Å². The monoisotopic (exact) mass is 210 g/mol. The zero-order valence-electron chi connectivity index (χ0n) is 9.93. The smallest absolute Gasteiger partial charge is 0.00671 e. The lowest BCUT2D eigenvalue weighted by Crippen LogP contribution is -2.35. The summed E-state index contributed by atoms with van der Waals surface area (Å²) < 4.78 is 0. The van der Waals surface area contributed by atoms with Gasteiger partial charge in [0.15, 0.2) is 0 Å². The van der Waals surface area contributed by atoms with Gasteiger partial charge in [0.25, 0.3) is 0 Å². The molecule has 1 heterocycles. The first-order valence-corrected chi connectivity index (χ1v) is 6.89. The standard InChI is InChI=1S/C13H26N2/c1-2-6-13(7-3-1)15-11-12-5-4-9-14-10-8-12/h12-15H,1-11H2. The second kappa shape index (κ2) is 6.49. The lowest BCUT2D eigenvalue weighted by Gasteiger charge is -2.25. The van der Waals surface area contributed by atoms with Crippen molar-refractivity contribution in [2.24, 2.45) is 5.92 Å². The van der Waals surface area contributed by atoms with Crippen LogP contribution in [-0.4, -0.2) is 25.7 Å². The SMILES string of the molecule is C1CCC(NCC2CCCNCC2)CC1. The second-order valence-corrected chi connectivity index (χ2v) is 5.29. The van der Waals surface area contributed by atoms with Gasteiger partial charge in [-0.2, -0.15) is 0 Å². The first kappa shape index (κ1) is 11.4. The van der Waals surface area contributed by atoms with Crippen LogP contribution < -0.4 is 10.6 Å². The van der Waals surface area contributed by atoms with Crippen LogP contribution in [-0.2, 0) is 0 Å². The van der Waals surface area contributed by atoms with E-state index in [0.717, 1.165) is 12.0 Å². The molecule has 1 unspecified atom stereocenters. The molecule has 2 aliphatic rings. The maximum Gasteiger partial charge on any atom is 0.00671 e. The topological polar surface area (TPSA) is 24.1 Å². The Hall–Kier alpha value is -0.0800. The Balaban J connectivity index is 1.62. The van der Waals surface area contributed by atoms with E-state index in [0.29, 0.717) is 0 Å². The Kier molecular flexibility index (Phi) is 4.94. The second-order valence-electron chi connectivity index (χ2n) is 5.29. The molecule has 88 valence electrons. The van der Waals surface area contributed by atoms with Crippen LogP contribution in [0.1, 0.15) is 51.4 Å². The minimum absolute atomic E-state index is 0.843. The van der Waals surface area contributed by atoms with Crippen LogP contribution in [0, 0.1) is 5.92 Å². The molecule has 0 aromatic rings.